The minimum absolute atomic E-state index is 0.0154. The Morgan fingerprint density at radius 2 is 1.44 bits per heavy atom. The lowest BCUT2D eigenvalue weighted by Gasteiger charge is -2.32. The summed E-state index contributed by atoms with van der Waals surface area (Å²) in [5.41, 5.74) is 0.718. The summed E-state index contributed by atoms with van der Waals surface area (Å²) in [7, 11) is 1.20. The van der Waals surface area contributed by atoms with Crippen LogP contribution in [-0.4, -0.2) is 66.1 Å². The van der Waals surface area contributed by atoms with Gasteiger partial charge in [0.15, 0.2) is 11.5 Å². The highest BCUT2D eigenvalue weighted by atomic mass is 35.5. The van der Waals surface area contributed by atoms with E-state index in [1.54, 1.807) is 31.2 Å². The van der Waals surface area contributed by atoms with Crippen LogP contribution < -0.4 is 23.8 Å². The van der Waals surface area contributed by atoms with Gasteiger partial charge in [-0.05, 0) is 55.0 Å². The average molecular weight is 625 g/mol. The number of sulfonamides is 1. The molecule has 0 spiro atoms. The molecule has 1 N–H and O–H groups in total. The van der Waals surface area contributed by atoms with Crippen LogP contribution in [0.4, 0.5) is 5.69 Å². The number of hydrogen-bond acceptors (Lipinski definition) is 7. The molecule has 10 nitrogen and oxygen atoms in total. The van der Waals surface area contributed by atoms with Crippen LogP contribution in [0.5, 0.6) is 17.2 Å². The van der Waals surface area contributed by atoms with Gasteiger partial charge in [0.25, 0.3) is 10.0 Å². The van der Waals surface area contributed by atoms with Gasteiger partial charge in [-0.15, -0.1) is 0 Å². The lowest BCUT2D eigenvalue weighted by molar-refractivity contribution is -0.139. The Bertz CT molecular complexity index is 1500. The van der Waals surface area contributed by atoms with Gasteiger partial charge in [-0.1, -0.05) is 35.3 Å². The molecular formula is C28H31Cl2N3O7S. The number of nitrogens with one attached hydrogen (secondary N) is 1. The van der Waals surface area contributed by atoms with Crippen molar-refractivity contribution in [1.29, 1.82) is 0 Å². The van der Waals surface area contributed by atoms with E-state index in [0.29, 0.717) is 16.3 Å². The van der Waals surface area contributed by atoms with E-state index >= 15 is 0 Å². The number of carbonyl (C=O) groups is 2. The van der Waals surface area contributed by atoms with Crippen LogP contribution in [0.25, 0.3) is 0 Å². The van der Waals surface area contributed by atoms with Crippen LogP contribution >= 0.6 is 23.2 Å². The Balaban J connectivity index is 2.14. The van der Waals surface area contributed by atoms with Gasteiger partial charge in [0, 0.05) is 29.7 Å². The Morgan fingerprint density at radius 1 is 0.854 bits per heavy atom. The predicted molar refractivity (Wildman–Crippen MR) is 158 cm³/mol. The highest BCUT2D eigenvalue weighted by molar-refractivity contribution is 7.92. The summed E-state index contributed by atoms with van der Waals surface area (Å²) < 4.78 is 45.2. The molecule has 2 amide bonds. The molecule has 0 radical (unpaired) electrons. The predicted octanol–water partition coefficient (Wildman–Crippen LogP) is 4.38. The molecule has 0 bridgehead atoms. The molecule has 0 heterocycles. The summed E-state index contributed by atoms with van der Waals surface area (Å²) in [4.78, 5) is 27.7. The Hall–Kier alpha value is -3.67. The van der Waals surface area contributed by atoms with Crippen molar-refractivity contribution in [2.75, 3.05) is 39.2 Å². The Kier molecular flexibility index (Phi) is 10.7. The van der Waals surface area contributed by atoms with Crippen LogP contribution in [0.2, 0.25) is 10.0 Å². The number of ether oxygens (including phenoxy) is 3. The topological polar surface area (TPSA) is 114 Å². The third-order valence-electron chi connectivity index (χ3n) is 6.31. The Morgan fingerprint density at radius 3 is 2.02 bits per heavy atom. The summed E-state index contributed by atoms with van der Waals surface area (Å²) in [6.07, 6.45) is 0. The van der Waals surface area contributed by atoms with Crippen molar-refractivity contribution >= 4 is 50.7 Å². The van der Waals surface area contributed by atoms with Crippen molar-refractivity contribution < 1.29 is 32.2 Å². The first-order valence-corrected chi connectivity index (χ1v) is 14.5. The lowest BCUT2D eigenvalue weighted by Crippen LogP contribution is -2.50. The van der Waals surface area contributed by atoms with Crippen molar-refractivity contribution in [2.45, 2.75) is 24.4 Å². The van der Waals surface area contributed by atoms with Gasteiger partial charge < -0.3 is 24.4 Å². The highest BCUT2D eigenvalue weighted by Crippen LogP contribution is 2.37. The third kappa shape index (κ3) is 7.35. The second kappa shape index (κ2) is 13.8. The van der Waals surface area contributed by atoms with Gasteiger partial charge in [0.2, 0.25) is 11.8 Å². The zero-order valence-corrected chi connectivity index (χ0v) is 25.5. The van der Waals surface area contributed by atoms with E-state index in [9.17, 15) is 18.0 Å². The van der Waals surface area contributed by atoms with E-state index in [1.165, 1.54) is 69.7 Å². The number of likely N-dealkylation sites (N-methyl/N-ethyl adjacent to an activating group) is 1. The van der Waals surface area contributed by atoms with E-state index < -0.39 is 34.4 Å². The minimum Gasteiger partial charge on any atom is -0.495 e. The maximum atomic E-state index is 14.2. The minimum atomic E-state index is -4.43. The summed E-state index contributed by atoms with van der Waals surface area (Å²) in [6, 6.07) is 14.3. The van der Waals surface area contributed by atoms with Crippen molar-refractivity contribution in [1.82, 2.24) is 10.2 Å². The number of benzene rings is 3. The molecule has 3 rings (SSSR count). The second-order valence-electron chi connectivity index (χ2n) is 8.78. The number of nitrogens with zero attached hydrogens (tertiary/aromatic N) is 2. The number of anilines is 1. The van der Waals surface area contributed by atoms with E-state index in [2.05, 4.69) is 5.32 Å². The fourth-order valence-corrected chi connectivity index (χ4v) is 5.78. The Labute approximate surface area is 249 Å². The number of hydrogen-bond donors (Lipinski definition) is 1. The fraction of sp³-hybridized carbons (Fsp3) is 0.286. The van der Waals surface area contributed by atoms with Gasteiger partial charge in [0.1, 0.15) is 18.3 Å². The number of halogens is 2. The molecule has 0 aliphatic rings. The molecule has 0 saturated heterocycles. The zero-order valence-electron chi connectivity index (χ0n) is 23.2. The number of amides is 2. The third-order valence-corrected chi connectivity index (χ3v) is 8.55. The van der Waals surface area contributed by atoms with Crippen molar-refractivity contribution in [2.24, 2.45) is 0 Å². The number of methoxy groups -OCH3 is 3. The molecule has 0 aliphatic heterocycles. The maximum Gasteiger partial charge on any atom is 0.265 e. The van der Waals surface area contributed by atoms with E-state index in [0.717, 1.165) is 4.31 Å². The lowest BCUT2D eigenvalue weighted by atomic mass is 10.1. The molecule has 0 aromatic heterocycles. The average Bonchev–Trinajstić information content (AvgIpc) is 2.98. The summed E-state index contributed by atoms with van der Waals surface area (Å²) >= 11 is 12.3. The monoisotopic (exact) mass is 623 g/mol. The summed E-state index contributed by atoms with van der Waals surface area (Å²) in [5, 5.41) is 3.26. The van der Waals surface area contributed by atoms with Crippen molar-refractivity contribution in [3.8, 4) is 17.2 Å². The van der Waals surface area contributed by atoms with Crippen LogP contribution in [0.3, 0.4) is 0 Å². The van der Waals surface area contributed by atoms with Gasteiger partial charge in [-0.2, -0.15) is 0 Å². The van der Waals surface area contributed by atoms with Gasteiger partial charge in [-0.3, -0.25) is 13.9 Å². The van der Waals surface area contributed by atoms with Gasteiger partial charge in [-0.25, -0.2) is 8.42 Å². The van der Waals surface area contributed by atoms with Crippen LogP contribution in [0, 0.1) is 0 Å². The van der Waals surface area contributed by atoms with Crippen LogP contribution in [0.1, 0.15) is 12.5 Å². The standard InChI is InChI=1S/C28H31Cl2N3O7S/c1-18(28(35)31-2)32(16-19-6-8-20(29)9-7-19)27(34)17-33(23-14-21(30)10-12-24(23)38-3)41(36,37)22-11-13-25(39-4)26(15-22)40-5/h6-15,18H,16-17H2,1-5H3,(H,31,35)/t18-/m1/s1. The summed E-state index contributed by atoms with van der Waals surface area (Å²) in [6.45, 7) is 0.892. The van der Waals surface area contributed by atoms with Gasteiger partial charge >= 0.3 is 0 Å². The molecule has 0 fully saturated rings. The molecule has 41 heavy (non-hydrogen) atoms. The first kappa shape index (κ1) is 31.9. The van der Waals surface area contributed by atoms with Crippen LogP contribution in [-0.2, 0) is 26.2 Å². The molecule has 0 unspecified atom stereocenters. The molecular weight excluding hydrogens is 593 g/mol. The number of rotatable bonds is 12. The van der Waals surface area contributed by atoms with Gasteiger partial charge in [0.05, 0.1) is 31.9 Å². The number of carbonyl (C=O) groups excluding carboxylic acids is 2. The fourth-order valence-electron chi connectivity index (χ4n) is 4.05. The van der Waals surface area contributed by atoms with E-state index in [4.69, 9.17) is 37.4 Å². The quantitative estimate of drug-likeness (QED) is 0.318. The first-order valence-electron chi connectivity index (χ1n) is 12.3. The van der Waals surface area contributed by atoms with Crippen molar-refractivity contribution in [3.63, 3.8) is 0 Å². The highest BCUT2D eigenvalue weighted by Gasteiger charge is 2.34. The second-order valence-corrected chi connectivity index (χ2v) is 11.5. The molecule has 13 heteroatoms. The molecule has 220 valence electrons. The largest absolute Gasteiger partial charge is 0.495 e. The molecule has 1 atom stereocenters. The van der Waals surface area contributed by atoms with Crippen molar-refractivity contribution in [3.05, 3.63) is 76.3 Å². The molecule has 0 aliphatic carbocycles. The SMILES string of the molecule is CNC(=O)[C@@H](C)N(Cc1ccc(Cl)cc1)C(=O)CN(c1cc(Cl)ccc1OC)S(=O)(=O)c1ccc(OC)c(OC)c1. The molecule has 0 saturated carbocycles. The zero-order chi connectivity index (χ0) is 30.3. The molecule has 3 aromatic rings. The van der Waals surface area contributed by atoms with E-state index in [-0.39, 0.29) is 33.6 Å². The summed E-state index contributed by atoms with van der Waals surface area (Å²) in [5.74, 6) is -0.419. The molecule has 3 aromatic carbocycles. The maximum absolute atomic E-state index is 14.2. The smallest absolute Gasteiger partial charge is 0.265 e. The first-order chi connectivity index (χ1) is 19.5. The normalized spacial score (nSPS) is 11.8. The van der Waals surface area contributed by atoms with Crippen LogP contribution in [0.15, 0.2) is 65.6 Å². The van der Waals surface area contributed by atoms with E-state index in [1.807, 2.05) is 0 Å².